The van der Waals surface area contributed by atoms with Gasteiger partial charge in [0.1, 0.15) is 12.7 Å². The van der Waals surface area contributed by atoms with Crippen molar-refractivity contribution in [2.45, 2.75) is 12.8 Å². The van der Waals surface area contributed by atoms with Crippen molar-refractivity contribution in [3.8, 4) is 17.3 Å². The number of aromatic nitrogens is 5. The minimum Gasteiger partial charge on any atom is -0.461 e. The molecule has 0 aliphatic carbocycles. The first-order valence-electron chi connectivity index (χ1n) is 7.90. The Morgan fingerprint density at radius 2 is 2.12 bits per heavy atom. The highest BCUT2D eigenvalue weighted by Gasteiger charge is 2.13. The van der Waals surface area contributed by atoms with Gasteiger partial charge in [0.25, 0.3) is 0 Å². The number of benzene rings is 1. The maximum absolute atomic E-state index is 12.3. The standard InChI is InChI=1S/C17H14N6O3/c24-15(7-8-16-21-17(22-26-16)14-6-3-9-25-14)20-12-4-1-2-5-13(12)23-11-18-10-19-23/h1-6,9-11H,7-8H2,(H,20,24). The Morgan fingerprint density at radius 1 is 1.19 bits per heavy atom. The van der Waals surface area contributed by atoms with Crippen LogP contribution < -0.4 is 5.32 Å². The minimum atomic E-state index is -0.171. The van der Waals surface area contributed by atoms with Crippen LogP contribution in [0, 0.1) is 0 Å². The number of nitrogens with zero attached hydrogens (tertiary/aromatic N) is 5. The summed E-state index contributed by atoms with van der Waals surface area (Å²) in [6.45, 7) is 0. The Labute approximate surface area is 147 Å². The molecule has 4 rings (SSSR count). The summed E-state index contributed by atoms with van der Waals surface area (Å²) in [6.07, 6.45) is 5.06. The van der Waals surface area contributed by atoms with Gasteiger partial charge in [0.2, 0.25) is 17.6 Å². The van der Waals surface area contributed by atoms with Gasteiger partial charge in [0.15, 0.2) is 5.76 Å². The largest absolute Gasteiger partial charge is 0.461 e. The van der Waals surface area contributed by atoms with Crippen molar-refractivity contribution in [2.75, 3.05) is 5.32 Å². The normalized spacial score (nSPS) is 10.8. The molecule has 0 saturated heterocycles. The Balaban J connectivity index is 1.39. The maximum atomic E-state index is 12.3. The van der Waals surface area contributed by atoms with Crippen molar-refractivity contribution >= 4 is 11.6 Å². The number of nitrogens with one attached hydrogen (secondary N) is 1. The number of aryl methyl sites for hydroxylation is 1. The fourth-order valence-electron chi connectivity index (χ4n) is 2.41. The van der Waals surface area contributed by atoms with Crippen LogP contribution >= 0.6 is 0 Å². The van der Waals surface area contributed by atoms with Gasteiger partial charge in [-0.1, -0.05) is 17.3 Å². The molecule has 0 fully saturated rings. The van der Waals surface area contributed by atoms with Gasteiger partial charge in [-0.3, -0.25) is 4.79 Å². The van der Waals surface area contributed by atoms with E-state index in [-0.39, 0.29) is 12.3 Å². The molecule has 0 aliphatic heterocycles. The summed E-state index contributed by atoms with van der Waals surface area (Å²) in [5, 5.41) is 10.8. The molecule has 4 aromatic rings. The molecule has 1 aromatic carbocycles. The average molecular weight is 350 g/mol. The van der Waals surface area contributed by atoms with Gasteiger partial charge in [-0.25, -0.2) is 9.67 Å². The second kappa shape index (κ2) is 7.01. The highest BCUT2D eigenvalue weighted by Crippen LogP contribution is 2.19. The number of para-hydroxylation sites is 2. The predicted molar refractivity (Wildman–Crippen MR) is 90.3 cm³/mol. The Hall–Kier alpha value is -3.75. The lowest BCUT2D eigenvalue weighted by molar-refractivity contribution is -0.116. The van der Waals surface area contributed by atoms with Crippen molar-refractivity contribution in [1.82, 2.24) is 24.9 Å². The van der Waals surface area contributed by atoms with Gasteiger partial charge < -0.3 is 14.3 Å². The van der Waals surface area contributed by atoms with E-state index in [2.05, 4.69) is 25.5 Å². The molecule has 0 radical (unpaired) electrons. The zero-order valence-electron chi connectivity index (χ0n) is 13.6. The fraction of sp³-hybridized carbons (Fsp3) is 0.118. The number of hydrogen-bond acceptors (Lipinski definition) is 7. The van der Waals surface area contributed by atoms with Crippen LogP contribution in [0.25, 0.3) is 17.3 Å². The highest BCUT2D eigenvalue weighted by molar-refractivity contribution is 5.92. The third-order valence-electron chi connectivity index (χ3n) is 3.62. The lowest BCUT2D eigenvalue weighted by Crippen LogP contribution is -2.14. The smallest absolute Gasteiger partial charge is 0.238 e. The highest BCUT2D eigenvalue weighted by atomic mass is 16.5. The summed E-state index contributed by atoms with van der Waals surface area (Å²) in [5.41, 5.74) is 1.38. The van der Waals surface area contributed by atoms with E-state index in [0.717, 1.165) is 5.69 Å². The van der Waals surface area contributed by atoms with Crippen molar-refractivity contribution < 1.29 is 13.7 Å². The van der Waals surface area contributed by atoms with Gasteiger partial charge in [-0.15, -0.1) is 0 Å². The number of furan rings is 1. The van der Waals surface area contributed by atoms with E-state index in [9.17, 15) is 4.79 Å². The zero-order chi connectivity index (χ0) is 17.8. The number of rotatable bonds is 6. The number of anilines is 1. The van der Waals surface area contributed by atoms with Crippen molar-refractivity contribution in [2.24, 2.45) is 0 Å². The predicted octanol–water partition coefficient (Wildman–Crippen LogP) is 2.48. The van der Waals surface area contributed by atoms with Crippen LogP contribution in [0.1, 0.15) is 12.3 Å². The van der Waals surface area contributed by atoms with Crippen LogP contribution in [-0.4, -0.2) is 30.8 Å². The van der Waals surface area contributed by atoms with E-state index in [1.54, 1.807) is 29.2 Å². The number of hydrogen-bond donors (Lipinski definition) is 1. The molecular weight excluding hydrogens is 336 g/mol. The van der Waals surface area contributed by atoms with Gasteiger partial charge in [0, 0.05) is 12.8 Å². The Morgan fingerprint density at radius 3 is 2.92 bits per heavy atom. The molecule has 0 bridgehead atoms. The van der Waals surface area contributed by atoms with E-state index in [1.807, 2.05) is 18.2 Å². The minimum absolute atomic E-state index is 0.171. The summed E-state index contributed by atoms with van der Waals surface area (Å²) in [6, 6.07) is 10.8. The first-order chi connectivity index (χ1) is 12.8. The van der Waals surface area contributed by atoms with Crippen molar-refractivity contribution in [3.63, 3.8) is 0 Å². The Bertz CT molecular complexity index is 991. The molecule has 0 spiro atoms. The van der Waals surface area contributed by atoms with Crippen molar-refractivity contribution in [1.29, 1.82) is 0 Å². The molecule has 130 valence electrons. The van der Waals surface area contributed by atoms with Gasteiger partial charge in [0.05, 0.1) is 17.6 Å². The molecular formula is C17H14N6O3. The molecule has 3 heterocycles. The molecule has 3 aromatic heterocycles. The SMILES string of the molecule is O=C(CCc1nc(-c2ccco2)no1)Nc1ccccc1-n1cncn1. The van der Waals surface area contributed by atoms with Crippen molar-refractivity contribution in [3.05, 3.63) is 61.2 Å². The second-order valence-corrected chi connectivity index (χ2v) is 5.39. The van der Waals surface area contributed by atoms with Crippen LogP contribution in [0.15, 0.2) is 64.3 Å². The van der Waals surface area contributed by atoms with Gasteiger partial charge in [-0.2, -0.15) is 10.1 Å². The lowest BCUT2D eigenvalue weighted by atomic mass is 10.2. The number of carbonyl (C=O) groups is 1. The summed E-state index contributed by atoms with van der Waals surface area (Å²) in [7, 11) is 0. The first-order valence-corrected chi connectivity index (χ1v) is 7.90. The van der Waals surface area contributed by atoms with E-state index >= 15 is 0 Å². The number of carbonyl (C=O) groups excluding carboxylic acids is 1. The monoisotopic (exact) mass is 350 g/mol. The summed E-state index contributed by atoms with van der Waals surface area (Å²) < 4.78 is 11.9. The molecule has 9 nitrogen and oxygen atoms in total. The van der Waals surface area contributed by atoms with Crippen LogP contribution in [-0.2, 0) is 11.2 Å². The second-order valence-electron chi connectivity index (χ2n) is 5.39. The summed E-state index contributed by atoms with van der Waals surface area (Å²) >= 11 is 0. The van der Waals surface area contributed by atoms with Crippen LogP contribution in [0.2, 0.25) is 0 Å². The molecule has 0 atom stereocenters. The molecule has 26 heavy (non-hydrogen) atoms. The quantitative estimate of drug-likeness (QED) is 0.568. The maximum Gasteiger partial charge on any atom is 0.238 e. The first kappa shape index (κ1) is 15.8. The third kappa shape index (κ3) is 3.36. The van der Waals surface area contributed by atoms with E-state index < -0.39 is 0 Å². The molecule has 1 amide bonds. The molecule has 0 saturated carbocycles. The molecule has 0 aliphatic rings. The molecule has 1 N–H and O–H groups in total. The zero-order valence-corrected chi connectivity index (χ0v) is 13.6. The fourth-order valence-corrected chi connectivity index (χ4v) is 2.41. The van der Waals surface area contributed by atoms with Gasteiger partial charge in [-0.05, 0) is 24.3 Å². The molecule has 9 heteroatoms. The number of amides is 1. The average Bonchev–Trinajstić information content (AvgIpc) is 3.42. The summed E-state index contributed by atoms with van der Waals surface area (Å²) in [4.78, 5) is 20.4. The van der Waals surface area contributed by atoms with Crippen LogP contribution in [0.3, 0.4) is 0 Å². The van der Waals surface area contributed by atoms with Crippen LogP contribution in [0.5, 0.6) is 0 Å². The Kier molecular flexibility index (Phi) is 4.25. The topological polar surface area (TPSA) is 112 Å². The van der Waals surface area contributed by atoms with E-state index in [1.165, 1.54) is 12.6 Å². The summed E-state index contributed by atoms with van der Waals surface area (Å²) in [5.74, 6) is 1.08. The van der Waals surface area contributed by atoms with E-state index in [4.69, 9.17) is 8.94 Å². The van der Waals surface area contributed by atoms with E-state index in [0.29, 0.717) is 29.6 Å². The lowest BCUT2D eigenvalue weighted by Gasteiger charge is -2.10. The van der Waals surface area contributed by atoms with Crippen LogP contribution in [0.4, 0.5) is 5.69 Å². The molecule has 0 unspecified atom stereocenters. The third-order valence-corrected chi connectivity index (χ3v) is 3.62. The van der Waals surface area contributed by atoms with Gasteiger partial charge >= 0.3 is 0 Å².